The summed E-state index contributed by atoms with van der Waals surface area (Å²) in [5.41, 5.74) is 3.07. The maximum atomic E-state index is 12.3. The zero-order chi connectivity index (χ0) is 20.0. The van der Waals surface area contributed by atoms with E-state index in [9.17, 15) is 9.59 Å². The van der Waals surface area contributed by atoms with Crippen molar-refractivity contribution in [2.75, 3.05) is 30.3 Å². The van der Waals surface area contributed by atoms with Gasteiger partial charge >= 0.3 is 0 Å². The first-order chi connectivity index (χ1) is 12.8. The van der Waals surface area contributed by atoms with Gasteiger partial charge in [0.1, 0.15) is 0 Å². The monoisotopic (exact) mass is 407 g/mol. The summed E-state index contributed by atoms with van der Waals surface area (Å²) in [7, 11) is 0. The number of amides is 2. The minimum Gasteiger partial charge on any atom is -0.325 e. The predicted molar refractivity (Wildman–Crippen MR) is 112 cm³/mol. The van der Waals surface area contributed by atoms with Crippen molar-refractivity contribution in [1.82, 2.24) is 4.90 Å². The highest BCUT2D eigenvalue weighted by Crippen LogP contribution is 2.23. The molecular weight excluding hydrogens is 385 g/mol. The van der Waals surface area contributed by atoms with E-state index in [1.165, 1.54) is 0 Å². The summed E-state index contributed by atoms with van der Waals surface area (Å²) in [5.74, 6) is -0.400. The van der Waals surface area contributed by atoms with Gasteiger partial charge in [-0.05, 0) is 55.8 Å². The van der Waals surface area contributed by atoms with Crippen LogP contribution in [0.1, 0.15) is 18.1 Å². The molecule has 2 N–H and O–H groups in total. The summed E-state index contributed by atoms with van der Waals surface area (Å²) in [6.45, 7) is 6.40. The number of nitrogens with zero attached hydrogens (tertiary/aromatic N) is 1. The quantitative estimate of drug-likeness (QED) is 0.709. The van der Waals surface area contributed by atoms with Crippen LogP contribution in [0.4, 0.5) is 11.4 Å². The van der Waals surface area contributed by atoms with Crippen LogP contribution in [0.2, 0.25) is 10.0 Å². The van der Waals surface area contributed by atoms with Crippen molar-refractivity contribution in [2.24, 2.45) is 0 Å². The number of anilines is 2. The second kappa shape index (κ2) is 9.74. The first-order valence-electron chi connectivity index (χ1n) is 8.63. The van der Waals surface area contributed by atoms with Gasteiger partial charge in [-0.3, -0.25) is 14.5 Å². The lowest BCUT2D eigenvalue weighted by molar-refractivity contribution is -0.119. The highest BCUT2D eigenvalue weighted by atomic mass is 35.5. The largest absolute Gasteiger partial charge is 0.325 e. The summed E-state index contributed by atoms with van der Waals surface area (Å²) in [5, 5.41) is 6.83. The molecule has 0 fully saturated rings. The Morgan fingerprint density at radius 3 is 2.22 bits per heavy atom. The molecule has 144 valence electrons. The first kappa shape index (κ1) is 21.2. The molecule has 0 radical (unpaired) electrons. The molecule has 0 heterocycles. The average Bonchev–Trinajstić information content (AvgIpc) is 2.61. The van der Waals surface area contributed by atoms with Gasteiger partial charge in [-0.1, -0.05) is 42.3 Å². The van der Waals surface area contributed by atoms with Gasteiger partial charge in [-0.2, -0.15) is 0 Å². The van der Waals surface area contributed by atoms with E-state index in [0.29, 0.717) is 28.0 Å². The van der Waals surface area contributed by atoms with E-state index in [0.717, 1.165) is 11.1 Å². The smallest absolute Gasteiger partial charge is 0.238 e. The van der Waals surface area contributed by atoms with E-state index in [1.54, 1.807) is 35.2 Å². The van der Waals surface area contributed by atoms with Gasteiger partial charge in [0.2, 0.25) is 11.8 Å². The molecule has 0 bridgehead atoms. The van der Waals surface area contributed by atoms with Crippen molar-refractivity contribution >= 4 is 46.4 Å². The van der Waals surface area contributed by atoms with Crippen LogP contribution in [0.5, 0.6) is 0 Å². The lowest BCUT2D eigenvalue weighted by atomic mass is 10.2. The zero-order valence-corrected chi connectivity index (χ0v) is 17.1. The minimum atomic E-state index is -0.200. The van der Waals surface area contributed by atoms with E-state index in [2.05, 4.69) is 10.6 Å². The maximum Gasteiger partial charge on any atom is 0.238 e. The lowest BCUT2D eigenvalue weighted by Crippen LogP contribution is -2.38. The minimum absolute atomic E-state index is 0.102. The molecule has 2 rings (SSSR count). The SMILES string of the molecule is CCN(CC(=O)Nc1cc(Cl)ccc1C)CC(=O)Nc1cccc(Cl)c1C. The van der Waals surface area contributed by atoms with Crippen molar-refractivity contribution in [2.45, 2.75) is 20.8 Å². The number of benzene rings is 2. The Labute approximate surface area is 169 Å². The third-order valence-electron chi connectivity index (χ3n) is 4.20. The highest BCUT2D eigenvalue weighted by molar-refractivity contribution is 6.31. The van der Waals surface area contributed by atoms with Crippen LogP contribution in [-0.4, -0.2) is 36.3 Å². The Morgan fingerprint density at radius 2 is 1.59 bits per heavy atom. The van der Waals surface area contributed by atoms with Crippen LogP contribution in [0.3, 0.4) is 0 Å². The summed E-state index contributed by atoms with van der Waals surface area (Å²) >= 11 is 12.1. The molecule has 2 amide bonds. The van der Waals surface area contributed by atoms with Crippen LogP contribution >= 0.6 is 23.2 Å². The van der Waals surface area contributed by atoms with Crippen LogP contribution in [0.25, 0.3) is 0 Å². The molecule has 7 heteroatoms. The summed E-state index contributed by atoms with van der Waals surface area (Å²) in [6, 6.07) is 10.7. The van der Waals surface area contributed by atoms with Gasteiger partial charge in [0.15, 0.2) is 0 Å². The number of nitrogens with one attached hydrogen (secondary N) is 2. The second-order valence-electron chi connectivity index (χ2n) is 6.27. The van der Waals surface area contributed by atoms with E-state index in [4.69, 9.17) is 23.2 Å². The number of carbonyl (C=O) groups excluding carboxylic acids is 2. The van der Waals surface area contributed by atoms with Crippen molar-refractivity contribution in [3.05, 3.63) is 57.6 Å². The van der Waals surface area contributed by atoms with Crippen LogP contribution < -0.4 is 10.6 Å². The molecule has 0 aromatic heterocycles. The molecule has 0 saturated heterocycles. The number of hydrogen-bond donors (Lipinski definition) is 2. The third kappa shape index (κ3) is 6.24. The van der Waals surface area contributed by atoms with Crippen molar-refractivity contribution in [1.29, 1.82) is 0 Å². The van der Waals surface area contributed by atoms with Gasteiger partial charge in [0.05, 0.1) is 13.1 Å². The molecule has 0 aliphatic carbocycles. The standard InChI is InChI=1S/C20H23Cl2N3O2/c1-4-25(11-19(26)23-17-7-5-6-16(22)14(17)3)12-20(27)24-18-10-15(21)9-8-13(18)2/h5-10H,4,11-12H2,1-3H3,(H,23,26)(H,24,27). The normalized spacial score (nSPS) is 10.7. The topological polar surface area (TPSA) is 61.4 Å². The molecule has 2 aromatic rings. The zero-order valence-electron chi connectivity index (χ0n) is 15.6. The Hall–Kier alpha value is -2.08. The molecule has 0 saturated carbocycles. The van der Waals surface area contributed by atoms with Gasteiger partial charge in [-0.25, -0.2) is 0 Å². The summed E-state index contributed by atoms with van der Waals surface area (Å²) in [6.07, 6.45) is 0. The van der Waals surface area contributed by atoms with Crippen LogP contribution in [-0.2, 0) is 9.59 Å². The van der Waals surface area contributed by atoms with Crippen LogP contribution in [0.15, 0.2) is 36.4 Å². The van der Waals surface area contributed by atoms with Crippen LogP contribution in [0, 0.1) is 13.8 Å². The fourth-order valence-corrected chi connectivity index (χ4v) is 2.88. The first-order valence-corrected chi connectivity index (χ1v) is 9.39. The molecule has 0 aliphatic rings. The van der Waals surface area contributed by atoms with E-state index in [-0.39, 0.29) is 24.9 Å². The highest BCUT2D eigenvalue weighted by Gasteiger charge is 2.15. The molecule has 0 atom stereocenters. The van der Waals surface area contributed by atoms with Gasteiger partial charge in [0.25, 0.3) is 0 Å². The lowest BCUT2D eigenvalue weighted by Gasteiger charge is -2.20. The van der Waals surface area contributed by atoms with E-state index >= 15 is 0 Å². The number of aryl methyl sites for hydroxylation is 1. The molecule has 0 spiro atoms. The van der Waals surface area contributed by atoms with Crippen molar-refractivity contribution < 1.29 is 9.59 Å². The Kier molecular flexibility index (Phi) is 7.66. The number of carbonyl (C=O) groups is 2. The molecular formula is C20H23Cl2N3O2. The Balaban J connectivity index is 1.94. The average molecular weight is 408 g/mol. The fourth-order valence-electron chi connectivity index (χ4n) is 2.54. The summed E-state index contributed by atoms with van der Waals surface area (Å²) < 4.78 is 0. The Bertz CT molecular complexity index is 822. The van der Waals surface area contributed by atoms with E-state index in [1.807, 2.05) is 26.8 Å². The van der Waals surface area contributed by atoms with Gasteiger partial charge < -0.3 is 10.6 Å². The summed E-state index contributed by atoms with van der Waals surface area (Å²) in [4.78, 5) is 26.4. The predicted octanol–water partition coefficient (Wildman–Crippen LogP) is 4.51. The molecule has 5 nitrogen and oxygen atoms in total. The molecule has 0 aliphatic heterocycles. The molecule has 27 heavy (non-hydrogen) atoms. The van der Waals surface area contributed by atoms with E-state index < -0.39 is 0 Å². The number of likely N-dealkylation sites (N-methyl/N-ethyl adjacent to an activating group) is 1. The second-order valence-corrected chi connectivity index (χ2v) is 7.11. The van der Waals surface area contributed by atoms with Gasteiger partial charge in [0, 0.05) is 21.4 Å². The number of rotatable bonds is 7. The molecule has 2 aromatic carbocycles. The third-order valence-corrected chi connectivity index (χ3v) is 4.84. The van der Waals surface area contributed by atoms with Crippen molar-refractivity contribution in [3.63, 3.8) is 0 Å². The van der Waals surface area contributed by atoms with Crippen molar-refractivity contribution in [3.8, 4) is 0 Å². The molecule has 0 unspecified atom stereocenters. The van der Waals surface area contributed by atoms with Gasteiger partial charge in [-0.15, -0.1) is 0 Å². The Morgan fingerprint density at radius 1 is 0.963 bits per heavy atom. The number of halogens is 2. The fraction of sp³-hybridized carbons (Fsp3) is 0.300. The number of hydrogen-bond acceptors (Lipinski definition) is 3. The maximum absolute atomic E-state index is 12.3.